The average molecular weight is 194 g/mol. The van der Waals surface area contributed by atoms with Crippen molar-refractivity contribution in [1.82, 2.24) is 10.2 Å². The summed E-state index contributed by atoms with van der Waals surface area (Å²) in [5.74, 6) is 2.69. The van der Waals surface area contributed by atoms with E-state index in [1.165, 1.54) is 25.9 Å². The zero-order valence-corrected chi connectivity index (χ0v) is 9.47. The van der Waals surface area contributed by atoms with Crippen LogP contribution in [0.5, 0.6) is 0 Å². The van der Waals surface area contributed by atoms with Crippen LogP contribution in [0.3, 0.4) is 0 Å². The molecule has 1 aliphatic heterocycles. The lowest BCUT2D eigenvalue weighted by Gasteiger charge is -2.39. The first-order valence-corrected chi connectivity index (χ1v) is 5.55. The van der Waals surface area contributed by atoms with Gasteiger partial charge in [-0.3, -0.25) is 0 Å². The van der Waals surface area contributed by atoms with Gasteiger partial charge in [0.25, 0.3) is 0 Å². The third kappa shape index (κ3) is 4.13. The standard InChI is InChI=1S/C12H22N2/c1-4-5-6-7-9-14-10-8-13-12(2,3)11-14/h1,13H,5-11H2,2-3H3. The van der Waals surface area contributed by atoms with Crippen LogP contribution in [0.15, 0.2) is 0 Å². The molecule has 2 nitrogen and oxygen atoms in total. The normalized spacial score (nSPS) is 21.8. The summed E-state index contributed by atoms with van der Waals surface area (Å²) >= 11 is 0. The van der Waals surface area contributed by atoms with Crippen LogP contribution < -0.4 is 5.32 Å². The molecule has 0 aliphatic carbocycles. The highest BCUT2D eigenvalue weighted by atomic mass is 15.2. The first kappa shape index (κ1) is 11.6. The Morgan fingerprint density at radius 3 is 2.86 bits per heavy atom. The molecule has 1 aliphatic rings. The molecule has 14 heavy (non-hydrogen) atoms. The number of terminal acetylenes is 1. The first-order valence-electron chi connectivity index (χ1n) is 5.55. The molecule has 0 amide bonds. The van der Waals surface area contributed by atoms with Gasteiger partial charge in [0.1, 0.15) is 0 Å². The Bertz CT molecular complexity index is 203. The van der Waals surface area contributed by atoms with E-state index >= 15 is 0 Å². The van der Waals surface area contributed by atoms with Crippen LogP contribution in [0.4, 0.5) is 0 Å². The molecular formula is C12H22N2. The topological polar surface area (TPSA) is 15.3 Å². The predicted molar refractivity (Wildman–Crippen MR) is 61.2 cm³/mol. The summed E-state index contributed by atoms with van der Waals surface area (Å²) in [6, 6.07) is 0. The van der Waals surface area contributed by atoms with Gasteiger partial charge in [-0.1, -0.05) is 0 Å². The van der Waals surface area contributed by atoms with Crippen molar-refractivity contribution in [3.63, 3.8) is 0 Å². The van der Waals surface area contributed by atoms with E-state index in [1.54, 1.807) is 0 Å². The monoisotopic (exact) mass is 194 g/mol. The van der Waals surface area contributed by atoms with Crippen molar-refractivity contribution < 1.29 is 0 Å². The van der Waals surface area contributed by atoms with Crippen LogP contribution in [-0.2, 0) is 0 Å². The number of nitrogens with one attached hydrogen (secondary N) is 1. The van der Waals surface area contributed by atoms with Crippen LogP contribution in [0.2, 0.25) is 0 Å². The summed E-state index contributed by atoms with van der Waals surface area (Å²) in [5.41, 5.74) is 0.282. The number of piperazine rings is 1. The fourth-order valence-corrected chi connectivity index (χ4v) is 2.00. The average Bonchev–Trinajstić information content (AvgIpc) is 2.11. The summed E-state index contributed by atoms with van der Waals surface area (Å²) in [4.78, 5) is 2.53. The largest absolute Gasteiger partial charge is 0.309 e. The van der Waals surface area contributed by atoms with Gasteiger partial charge in [0, 0.05) is 31.6 Å². The fraction of sp³-hybridized carbons (Fsp3) is 0.833. The van der Waals surface area contributed by atoms with Crippen LogP contribution in [0.1, 0.15) is 33.1 Å². The molecule has 0 aromatic rings. The van der Waals surface area contributed by atoms with Gasteiger partial charge in [-0.15, -0.1) is 12.3 Å². The van der Waals surface area contributed by atoms with Crippen molar-refractivity contribution in [1.29, 1.82) is 0 Å². The van der Waals surface area contributed by atoms with Crippen molar-refractivity contribution in [2.24, 2.45) is 0 Å². The lowest BCUT2D eigenvalue weighted by Crippen LogP contribution is -2.57. The second-order valence-corrected chi connectivity index (χ2v) is 4.75. The Morgan fingerprint density at radius 1 is 1.43 bits per heavy atom. The molecule has 2 heteroatoms. The van der Waals surface area contributed by atoms with Gasteiger partial charge in [-0.2, -0.15) is 0 Å². The maximum absolute atomic E-state index is 5.22. The van der Waals surface area contributed by atoms with Crippen LogP contribution in [0, 0.1) is 12.3 Å². The number of nitrogens with zero attached hydrogens (tertiary/aromatic N) is 1. The van der Waals surface area contributed by atoms with E-state index in [0.717, 1.165) is 19.5 Å². The summed E-state index contributed by atoms with van der Waals surface area (Å²) in [7, 11) is 0. The second-order valence-electron chi connectivity index (χ2n) is 4.75. The Morgan fingerprint density at radius 2 is 2.21 bits per heavy atom. The molecule has 80 valence electrons. The van der Waals surface area contributed by atoms with Crippen LogP contribution in [0.25, 0.3) is 0 Å². The third-order valence-corrected chi connectivity index (χ3v) is 2.70. The molecule has 0 aromatic carbocycles. The third-order valence-electron chi connectivity index (χ3n) is 2.70. The molecule has 0 saturated carbocycles. The summed E-state index contributed by atoms with van der Waals surface area (Å²) in [6.07, 6.45) is 8.55. The SMILES string of the molecule is C#CCCCCN1CCNC(C)(C)C1. The summed E-state index contributed by atoms with van der Waals surface area (Å²) < 4.78 is 0. The van der Waals surface area contributed by atoms with Crippen molar-refractivity contribution in [2.75, 3.05) is 26.2 Å². The maximum Gasteiger partial charge on any atom is 0.0252 e. The highest BCUT2D eigenvalue weighted by Crippen LogP contribution is 2.10. The second kappa shape index (κ2) is 5.38. The molecule has 1 fully saturated rings. The molecule has 0 radical (unpaired) electrons. The van der Waals surface area contributed by atoms with Gasteiger partial charge in [-0.05, 0) is 33.2 Å². The number of unbranched alkanes of at least 4 members (excludes halogenated alkanes) is 2. The molecule has 0 bridgehead atoms. The minimum absolute atomic E-state index is 0.282. The van der Waals surface area contributed by atoms with E-state index in [0.29, 0.717) is 0 Å². The maximum atomic E-state index is 5.22. The van der Waals surface area contributed by atoms with Gasteiger partial charge in [0.2, 0.25) is 0 Å². The fourth-order valence-electron chi connectivity index (χ4n) is 2.00. The molecule has 0 aromatic heterocycles. The van der Waals surface area contributed by atoms with E-state index in [4.69, 9.17) is 6.42 Å². The van der Waals surface area contributed by atoms with Crippen LogP contribution in [-0.4, -0.2) is 36.6 Å². The van der Waals surface area contributed by atoms with E-state index < -0.39 is 0 Å². The van der Waals surface area contributed by atoms with Crippen molar-refractivity contribution >= 4 is 0 Å². The predicted octanol–water partition coefficient (Wildman–Crippen LogP) is 1.47. The Hall–Kier alpha value is -0.520. The zero-order valence-electron chi connectivity index (χ0n) is 9.47. The van der Waals surface area contributed by atoms with E-state index in [2.05, 4.69) is 30.0 Å². The van der Waals surface area contributed by atoms with Crippen LogP contribution >= 0.6 is 0 Å². The quantitative estimate of drug-likeness (QED) is 0.538. The zero-order chi connectivity index (χ0) is 10.4. The number of hydrogen-bond acceptors (Lipinski definition) is 2. The first-order chi connectivity index (χ1) is 6.64. The molecule has 0 unspecified atom stereocenters. The molecular weight excluding hydrogens is 172 g/mol. The van der Waals surface area contributed by atoms with Crippen molar-refractivity contribution in [3.8, 4) is 12.3 Å². The lowest BCUT2D eigenvalue weighted by atomic mass is 10.0. The smallest absolute Gasteiger partial charge is 0.0252 e. The van der Waals surface area contributed by atoms with Crippen molar-refractivity contribution in [2.45, 2.75) is 38.6 Å². The van der Waals surface area contributed by atoms with E-state index in [1.807, 2.05) is 0 Å². The highest BCUT2D eigenvalue weighted by Gasteiger charge is 2.24. The summed E-state index contributed by atoms with van der Waals surface area (Å²) in [5, 5.41) is 3.52. The molecule has 1 heterocycles. The van der Waals surface area contributed by atoms with E-state index in [9.17, 15) is 0 Å². The lowest BCUT2D eigenvalue weighted by molar-refractivity contribution is 0.153. The Labute approximate surface area is 88.1 Å². The minimum atomic E-state index is 0.282. The molecule has 1 N–H and O–H groups in total. The number of hydrogen-bond donors (Lipinski definition) is 1. The minimum Gasteiger partial charge on any atom is -0.309 e. The van der Waals surface area contributed by atoms with Crippen molar-refractivity contribution in [3.05, 3.63) is 0 Å². The van der Waals surface area contributed by atoms with E-state index in [-0.39, 0.29) is 5.54 Å². The molecule has 0 spiro atoms. The molecule has 0 atom stereocenters. The van der Waals surface area contributed by atoms with Gasteiger partial charge >= 0.3 is 0 Å². The van der Waals surface area contributed by atoms with Gasteiger partial charge in [-0.25, -0.2) is 0 Å². The number of rotatable bonds is 4. The highest BCUT2D eigenvalue weighted by molar-refractivity contribution is 4.87. The van der Waals surface area contributed by atoms with Gasteiger partial charge in [0.05, 0.1) is 0 Å². The molecule has 1 rings (SSSR count). The van der Waals surface area contributed by atoms with Gasteiger partial charge in [0.15, 0.2) is 0 Å². The Kier molecular flexibility index (Phi) is 4.44. The summed E-state index contributed by atoms with van der Waals surface area (Å²) in [6.45, 7) is 9.18. The molecule has 1 saturated heterocycles. The van der Waals surface area contributed by atoms with Gasteiger partial charge < -0.3 is 10.2 Å². The Balaban J connectivity index is 2.15.